The SMILES string of the molecule is O=C1[C@@H]2[C@H](C(=O)N1c1cnn(COc3ccc(Br)cc3)c1)[C@H]1CC[C@@H]2O1. The normalized spacial score (nSPS) is 29.5. The van der Waals surface area contributed by atoms with Crippen molar-refractivity contribution in [2.75, 3.05) is 4.90 Å². The zero-order valence-electron chi connectivity index (χ0n) is 13.7. The monoisotopic (exact) mass is 417 g/mol. The van der Waals surface area contributed by atoms with Gasteiger partial charge in [-0.15, -0.1) is 0 Å². The van der Waals surface area contributed by atoms with Crippen molar-refractivity contribution in [1.82, 2.24) is 9.78 Å². The van der Waals surface area contributed by atoms with E-state index in [1.54, 1.807) is 10.9 Å². The molecular weight excluding hydrogens is 402 g/mol. The van der Waals surface area contributed by atoms with Gasteiger partial charge in [0.25, 0.3) is 0 Å². The zero-order chi connectivity index (χ0) is 17.8. The molecule has 0 aliphatic carbocycles. The van der Waals surface area contributed by atoms with Crippen LogP contribution in [0.5, 0.6) is 5.75 Å². The molecule has 2 aromatic rings. The zero-order valence-corrected chi connectivity index (χ0v) is 15.3. The Hall–Kier alpha value is -2.19. The fraction of sp³-hybridized carbons (Fsp3) is 0.389. The van der Waals surface area contributed by atoms with Crippen LogP contribution in [0, 0.1) is 11.8 Å². The Morgan fingerprint density at radius 2 is 1.77 bits per heavy atom. The second kappa shape index (κ2) is 5.92. The van der Waals surface area contributed by atoms with E-state index in [0.29, 0.717) is 11.4 Å². The average molecular weight is 418 g/mol. The first kappa shape index (κ1) is 16.0. The van der Waals surface area contributed by atoms with Crippen molar-refractivity contribution in [2.24, 2.45) is 11.8 Å². The maximum Gasteiger partial charge on any atom is 0.240 e. The first-order valence-electron chi connectivity index (χ1n) is 8.56. The number of anilines is 1. The van der Waals surface area contributed by atoms with Gasteiger partial charge in [-0.3, -0.25) is 9.59 Å². The lowest BCUT2D eigenvalue weighted by Gasteiger charge is -2.15. The van der Waals surface area contributed by atoms with Gasteiger partial charge in [-0.25, -0.2) is 9.58 Å². The minimum atomic E-state index is -0.330. The summed E-state index contributed by atoms with van der Waals surface area (Å²) < 4.78 is 14.0. The van der Waals surface area contributed by atoms with Crippen LogP contribution in [0.15, 0.2) is 41.1 Å². The molecular formula is C18H16BrN3O4. The number of carbonyl (C=O) groups is 2. The number of aromatic nitrogens is 2. The Balaban J connectivity index is 1.31. The lowest BCUT2D eigenvalue weighted by Crippen LogP contribution is -2.34. The molecule has 1 aromatic carbocycles. The number of hydrogen-bond acceptors (Lipinski definition) is 5. The van der Waals surface area contributed by atoms with Crippen LogP contribution >= 0.6 is 15.9 Å². The molecule has 0 saturated carbocycles. The minimum absolute atomic E-state index is 0.109. The van der Waals surface area contributed by atoms with Crippen molar-refractivity contribution in [2.45, 2.75) is 31.8 Å². The summed E-state index contributed by atoms with van der Waals surface area (Å²) in [7, 11) is 0. The van der Waals surface area contributed by atoms with E-state index in [1.165, 1.54) is 11.1 Å². The van der Waals surface area contributed by atoms with Gasteiger partial charge in [0.2, 0.25) is 11.8 Å². The van der Waals surface area contributed by atoms with E-state index in [2.05, 4.69) is 21.0 Å². The van der Waals surface area contributed by atoms with E-state index in [0.717, 1.165) is 17.3 Å². The van der Waals surface area contributed by atoms with E-state index in [1.807, 2.05) is 24.3 Å². The molecule has 1 aromatic heterocycles. The second-order valence-corrected chi connectivity index (χ2v) is 7.73. The molecule has 3 fully saturated rings. The molecule has 4 heterocycles. The summed E-state index contributed by atoms with van der Waals surface area (Å²) in [6.07, 6.45) is 4.70. The summed E-state index contributed by atoms with van der Waals surface area (Å²) in [6, 6.07) is 7.47. The quantitative estimate of drug-likeness (QED) is 0.713. The number of imide groups is 1. The van der Waals surface area contributed by atoms with Crippen molar-refractivity contribution in [3.8, 4) is 5.75 Å². The summed E-state index contributed by atoms with van der Waals surface area (Å²) in [5.74, 6) is -0.282. The Morgan fingerprint density at radius 1 is 1.12 bits per heavy atom. The highest BCUT2D eigenvalue weighted by molar-refractivity contribution is 9.10. The van der Waals surface area contributed by atoms with Crippen LogP contribution < -0.4 is 9.64 Å². The Morgan fingerprint density at radius 3 is 2.42 bits per heavy atom. The van der Waals surface area contributed by atoms with E-state index >= 15 is 0 Å². The molecule has 0 N–H and O–H groups in total. The fourth-order valence-corrected chi connectivity index (χ4v) is 4.44. The number of fused-ring (bicyclic) bond motifs is 5. The van der Waals surface area contributed by atoms with Crippen LogP contribution in [0.1, 0.15) is 12.8 Å². The van der Waals surface area contributed by atoms with Crippen molar-refractivity contribution in [3.05, 3.63) is 41.1 Å². The number of amides is 2. The standard InChI is InChI=1S/C18H16BrN3O4/c19-10-1-3-12(4-2-10)25-9-21-8-11(7-20-21)22-17(23)15-13-5-6-14(26-13)16(15)18(22)24/h1-4,7-8,13-16H,5-6,9H2/t13-,14+,15-,16+. The van der Waals surface area contributed by atoms with Gasteiger partial charge in [0.1, 0.15) is 5.75 Å². The van der Waals surface area contributed by atoms with Crippen LogP contribution in [0.3, 0.4) is 0 Å². The Kier molecular flexibility index (Phi) is 3.65. The molecule has 3 aliphatic heterocycles. The molecule has 2 bridgehead atoms. The summed E-state index contributed by atoms with van der Waals surface area (Å²) in [6.45, 7) is 0.194. The lowest BCUT2D eigenvalue weighted by molar-refractivity contribution is -0.124. The lowest BCUT2D eigenvalue weighted by atomic mass is 9.81. The van der Waals surface area contributed by atoms with Crippen LogP contribution in [0.4, 0.5) is 5.69 Å². The highest BCUT2D eigenvalue weighted by Gasteiger charge is 2.62. The molecule has 134 valence electrons. The van der Waals surface area contributed by atoms with E-state index in [-0.39, 0.29) is 42.6 Å². The Labute approximate surface area is 158 Å². The van der Waals surface area contributed by atoms with Gasteiger partial charge in [0.05, 0.1) is 42.1 Å². The summed E-state index contributed by atoms with van der Waals surface area (Å²) >= 11 is 3.38. The van der Waals surface area contributed by atoms with Crippen molar-refractivity contribution < 1.29 is 19.1 Å². The van der Waals surface area contributed by atoms with E-state index in [4.69, 9.17) is 9.47 Å². The number of carbonyl (C=O) groups excluding carboxylic acids is 2. The van der Waals surface area contributed by atoms with Crippen molar-refractivity contribution in [3.63, 3.8) is 0 Å². The van der Waals surface area contributed by atoms with E-state index in [9.17, 15) is 9.59 Å². The summed E-state index contributed by atoms with van der Waals surface area (Å²) in [4.78, 5) is 26.8. The highest BCUT2D eigenvalue weighted by atomic mass is 79.9. The number of nitrogens with zero attached hydrogens (tertiary/aromatic N) is 3. The van der Waals surface area contributed by atoms with Crippen LogP contribution in [-0.2, 0) is 21.1 Å². The first-order valence-corrected chi connectivity index (χ1v) is 9.35. The molecule has 3 aliphatic rings. The number of halogens is 1. The third-order valence-electron chi connectivity index (χ3n) is 5.34. The molecule has 2 amide bonds. The number of ether oxygens (including phenoxy) is 2. The predicted molar refractivity (Wildman–Crippen MR) is 94.4 cm³/mol. The summed E-state index contributed by atoms with van der Waals surface area (Å²) in [5, 5.41) is 4.21. The topological polar surface area (TPSA) is 73.7 Å². The van der Waals surface area contributed by atoms with Gasteiger partial charge in [0, 0.05) is 4.47 Å². The first-order chi connectivity index (χ1) is 12.6. The smallest absolute Gasteiger partial charge is 0.240 e. The molecule has 5 rings (SSSR count). The average Bonchev–Trinajstić information content (AvgIpc) is 3.39. The number of hydrogen-bond donors (Lipinski definition) is 0. The molecule has 8 heteroatoms. The van der Waals surface area contributed by atoms with Crippen molar-refractivity contribution in [1.29, 1.82) is 0 Å². The van der Waals surface area contributed by atoms with Crippen LogP contribution in [0.25, 0.3) is 0 Å². The largest absolute Gasteiger partial charge is 0.471 e. The Bertz CT molecular complexity index is 853. The maximum atomic E-state index is 12.8. The van der Waals surface area contributed by atoms with Crippen LogP contribution in [-0.4, -0.2) is 33.8 Å². The molecule has 26 heavy (non-hydrogen) atoms. The van der Waals surface area contributed by atoms with Gasteiger partial charge in [0.15, 0.2) is 6.73 Å². The van der Waals surface area contributed by atoms with Gasteiger partial charge >= 0.3 is 0 Å². The van der Waals surface area contributed by atoms with Crippen LogP contribution in [0.2, 0.25) is 0 Å². The third-order valence-corrected chi connectivity index (χ3v) is 5.87. The van der Waals surface area contributed by atoms with Gasteiger partial charge in [-0.2, -0.15) is 5.10 Å². The molecule has 0 radical (unpaired) electrons. The molecule has 3 saturated heterocycles. The molecule has 4 atom stereocenters. The van der Waals surface area contributed by atoms with Gasteiger partial charge < -0.3 is 9.47 Å². The highest BCUT2D eigenvalue weighted by Crippen LogP contribution is 2.49. The summed E-state index contributed by atoms with van der Waals surface area (Å²) in [5.41, 5.74) is 0.494. The fourth-order valence-electron chi connectivity index (χ4n) is 4.18. The second-order valence-electron chi connectivity index (χ2n) is 6.82. The van der Waals surface area contributed by atoms with Crippen molar-refractivity contribution >= 4 is 33.4 Å². The van der Waals surface area contributed by atoms with Gasteiger partial charge in [-0.1, -0.05) is 15.9 Å². The number of benzene rings is 1. The molecule has 0 spiro atoms. The predicted octanol–water partition coefficient (Wildman–Crippen LogP) is 2.35. The van der Waals surface area contributed by atoms with E-state index < -0.39 is 0 Å². The molecule has 7 nitrogen and oxygen atoms in total. The van der Waals surface area contributed by atoms with Gasteiger partial charge in [-0.05, 0) is 37.1 Å². The number of rotatable bonds is 4. The molecule has 0 unspecified atom stereocenters. The minimum Gasteiger partial charge on any atom is -0.471 e. The maximum absolute atomic E-state index is 12.8. The third kappa shape index (κ3) is 2.39.